The average Bonchev–Trinajstić information content (AvgIpc) is 2.43. The molecule has 2 rings (SSSR count). The minimum Gasteiger partial charge on any atom is -0.399 e. The number of aryl methyl sites for hydroxylation is 1. The van der Waals surface area contributed by atoms with Crippen molar-refractivity contribution in [3.63, 3.8) is 0 Å². The van der Waals surface area contributed by atoms with E-state index in [1.54, 1.807) is 31.2 Å². The molecule has 3 N–H and O–H groups in total. The lowest BCUT2D eigenvalue weighted by Crippen LogP contribution is -2.14. The number of nitrogens with two attached hydrogens (primary N) is 1. The molecule has 5 nitrogen and oxygen atoms in total. The van der Waals surface area contributed by atoms with Gasteiger partial charge >= 0.3 is 0 Å². The van der Waals surface area contributed by atoms with Gasteiger partial charge in [0.2, 0.25) is 0 Å². The fourth-order valence-electron chi connectivity index (χ4n) is 1.69. The van der Waals surface area contributed by atoms with Crippen LogP contribution >= 0.6 is 0 Å². The number of nitriles is 1. The number of nitrogen functional groups attached to an aromatic ring is 1. The van der Waals surface area contributed by atoms with Crippen LogP contribution in [0.25, 0.3) is 0 Å². The van der Waals surface area contributed by atoms with Crippen LogP contribution in [0.2, 0.25) is 0 Å². The Balaban J connectivity index is 2.41. The van der Waals surface area contributed by atoms with Gasteiger partial charge in [0, 0.05) is 5.69 Å². The quantitative estimate of drug-likeness (QED) is 0.846. The molecule has 0 bridgehead atoms. The summed E-state index contributed by atoms with van der Waals surface area (Å²) in [5.41, 5.74) is 7.60. The molecular weight excluding hydrogens is 274 g/mol. The molecule has 0 heterocycles. The van der Waals surface area contributed by atoms with E-state index in [2.05, 4.69) is 4.72 Å². The number of nitrogens with one attached hydrogen (secondary N) is 1. The van der Waals surface area contributed by atoms with E-state index in [-0.39, 0.29) is 10.5 Å². The molecule has 20 heavy (non-hydrogen) atoms. The molecule has 6 heteroatoms. The van der Waals surface area contributed by atoms with E-state index in [0.29, 0.717) is 11.4 Å². The topological polar surface area (TPSA) is 96.0 Å². The highest BCUT2D eigenvalue weighted by Gasteiger charge is 2.15. The molecule has 0 amide bonds. The molecule has 0 saturated heterocycles. The largest absolute Gasteiger partial charge is 0.399 e. The second kappa shape index (κ2) is 5.23. The van der Waals surface area contributed by atoms with Crippen molar-refractivity contribution in [2.75, 3.05) is 10.5 Å². The van der Waals surface area contributed by atoms with Crippen LogP contribution in [0.1, 0.15) is 11.1 Å². The lowest BCUT2D eigenvalue weighted by atomic mass is 10.2. The van der Waals surface area contributed by atoms with Crippen LogP contribution in [0.5, 0.6) is 0 Å². The summed E-state index contributed by atoms with van der Waals surface area (Å²) in [5.74, 6) is 0. The molecule has 0 fully saturated rings. The Morgan fingerprint density at radius 1 is 1.20 bits per heavy atom. The second-order valence-corrected chi connectivity index (χ2v) is 6.00. The third-order valence-corrected chi connectivity index (χ3v) is 4.14. The number of rotatable bonds is 3. The lowest BCUT2D eigenvalue weighted by Gasteiger charge is -2.11. The Bertz CT molecular complexity index is 792. The summed E-state index contributed by atoms with van der Waals surface area (Å²) in [6, 6.07) is 12.7. The summed E-state index contributed by atoms with van der Waals surface area (Å²) in [7, 11) is -3.74. The van der Waals surface area contributed by atoms with Crippen molar-refractivity contribution in [3.8, 4) is 6.07 Å². The van der Waals surface area contributed by atoms with Gasteiger partial charge < -0.3 is 5.73 Å². The Labute approximate surface area is 117 Å². The first-order valence-electron chi connectivity index (χ1n) is 5.81. The molecule has 0 atom stereocenters. The highest BCUT2D eigenvalue weighted by molar-refractivity contribution is 7.92. The predicted octanol–water partition coefficient (Wildman–Crippen LogP) is 2.25. The van der Waals surface area contributed by atoms with Crippen LogP contribution < -0.4 is 10.5 Å². The molecule has 0 aliphatic heterocycles. The molecule has 0 aliphatic carbocycles. The summed E-state index contributed by atoms with van der Waals surface area (Å²) in [5, 5.41) is 8.82. The van der Waals surface area contributed by atoms with Crippen molar-refractivity contribution in [3.05, 3.63) is 53.6 Å². The summed E-state index contributed by atoms with van der Waals surface area (Å²) < 4.78 is 27.0. The molecule has 0 saturated carbocycles. The maximum atomic E-state index is 12.3. The van der Waals surface area contributed by atoms with Crippen molar-refractivity contribution in [2.45, 2.75) is 11.8 Å². The van der Waals surface area contributed by atoms with Crippen molar-refractivity contribution in [1.29, 1.82) is 5.26 Å². The van der Waals surface area contributed by atoms with Gasteiger partial charge in [-0.05, 0) is 42.8 Å². The first kappa shape index (κ1) is 13.9. The minimum absolute atomic E-state index is 0.0402. The van der Waals surface area contributed by atoms with Gasteiger partial charge in [0.05, 0.1) is 22.2 Å². The molecule has 0 radical (unpaired) electrons. The second-order valence-electron chi connectivity index (χ2n) is 4.32. The Kier molecular flexibility index (Phi) is 3.63. The zero-order chi connectivity index (χ0) is 14.8. The van der Waals surface area contributed by atoms with Crippen LogP contribution in [-0.2, 0) is 10.0 Å². The Morgan fingerprint density at radius 2 is 1.95 bits per heavy atom. The van der Waals surface area contributed by atoms with Crippen molar-refractivity contribution < 1.29 is 8.42 Å². The molecule has 2 aromatic rings. The van der Waals surface area contributed by atoms with E-state index < -0.39 is 10.0 Å². The maximum Gasteiger partial charge on any atom is 0.261 e. The van der Waals surface area contributed by atoms with Gasteiger partial charge in [0.1, 0.15) is 0 Å². The minimum atomic E-state index is -3.74. The molecule has 0 unspecified atom stereocenters. The Hall–Kier alpha value is -2.52. The van der Waals surface area contributed by atoms with E-state index in [9.17, 15) is 8.42 Å². The molecule has 0 spiro atoms. The fraction of sp³-hybridized carbons (Fsp3) is 0.0714. The zero-order valence-electron chi connectivity index (χ0n) is 10.8. The van der Waals surface area contributed by atoms with Crippen molar-refractivity contribution >= 4 is 21.4 Å². The van der Waals surface area contributed by atoms with Crippen molar-refractivity contribution in [2.24, 2.45) is 0 Å². The highest BCUT2D eigenvalue weighted by Crippen LogP contribution is 2.22. The smallest absolute Gasteiger partial charge is 0.261 e. The average molecular weight is 287 g/mol. The number of hydrogen-bond donors (Lipinski definition) is 2. The standard InChI is InChI=1S/C14H13N3O2S/c1-10-5-6-12(16)8-14(10)17-20(18,19)13-4-2-3-11(7-13)9-15/h2-8,17H,16H2,1H3. The van der Waals surface area contributed by atoms with Gasteiger partial charge in [0.15, 0.2) is 0 Å². The number of hydrogen-bond acceptors (Lipinski definition) is 4. The first-order chi connectivity index (χ1) is 9.42. The van der Waals surface area contributed by atoms with Crippen LogP contribution in [0.3, 0.4) is 0 Å². The number of benzene rings is 2. The maximum absolute atomic E-state index is 12.3. The number of sulfonamides is 1. The van der Waals surface area contributed by atoms with Crippen molar-refractivity contribution in [1.82, 2.24) is 0 Å². The SMILES string of the molecule is Cc1ccc(N)cc1NS(=O)(=O)c1cccc(C#N)c1. The summed E-state index contributed by atoms with van der Waals surface area (Å²) in [6.45, 7) is 1.78. The fourth-order valence-corrected chi connectivity index (χ4v) is 2.85. The summed E-state index contributed by atoms with van der Waals surface area (Å²) >= 11 is 0. The number of nitrogens with zero attached hydrogens (tertiary/aromatic N) is 1. The third kappa shape index (κ3) is 2.90. The van der Waals surface area contributed by atoms with E-state index >= 15 is 0 Å². The predicted molar refractivity (Wildman–Crippen MR) is 77.6 cm³/mol. The molecular formula is C14H13N3O2S. The van der Waals surface area contributed by atoms with Gasteiger partial charge in [-0.2, -0.15) is 5.26 Å². The molecule has 102 valence electrons. The highest BCUT2D eigenvalue weighted by atomic mass is 32.2. The normalized spacial score (nSPS) is 10.8. The lowest BCUT2D eigenvalue weighted by molar-refractivity contribution is 0.601. The van der Waals surface area contributed by atoms with Gasteiger partial charge in [-0.25, -0.2) is 8.42 Å². The van der Waals surface area contributed by atoms with Crippen LogP contribution in [0.4, 0.5) is 11.4 Å². The Morgan fingerprint density at radius 3 is 2.65 bits per heavy atom. The molecule has 2 aromatic carbocycles. The molecule has 0 aliphatic rings. The zero-order valence-corrected chi connectivity index (χ0v) is 11.6. The first-order valence-corrected chi connectivity index (χ1v) is 7.30. The number of anilines is 2. The van der Waals surface area contributed by atoms with Crippen LogP contribution in [0.15, 0.2) is 47.4 Å². The third-order valence-electron chi connectivity index (χ3n) is 2.78. The van der Waals surface area contributed by atoms with E-state index in [1.165, 1.54) is 18.2 Å². The van der Waals surface area contributed by atoms with Gasteiger partial charge in [-0.1, -0.05) is 12.1 Å². The summed E-state index contributed by atoms with van der Waals surface area (Å²) in [4.78, 5) is 0.0402. The van der Waals surface area contributed by atoms with Crippen LogP contribution in [-0.4, -0.2) is 8.42 Å². The molecule has 0 aromatic heterocycles. The summed E-state index contributed by atoms with van der Waals surface area (Å²) in [6.07, 6.45) is 0. The van der Waals surface area contributed by atoms with E-state index in [0.717, 1.165) is 5.56 Å². The monoisotopic (exact) mass is 287 g/mol. The van der Waals surface area contributed by atoms with E-state index in [4.69, 9.17) is 11.0 Å². The van der Waals surface area contributed by atoms with Crippen LogP contribution in [0, 0.1) is 18.3 Å². The van der Waals surface area contributed by atoms with Gasteiger partial charge in [-0.3, -0.25) is 4.72 Å². The van der Waals surface area contributed by atoms with Gasteiger partial charge in [-0.15, -0.1) is 0 Å². The van der Waals surface area contributed by atoms with Gasteiger partial charge in [0.25, 0.3) is 10.0 Å². The van der Waals surface area contributed by atoms with E-state index in [1.807, 2.05) is 6.07 Å².